The molecular weight excluding hydrogens is 573 g/mol. The molecule has 0 saturated carbocycles. The van der Waals surface area contributed by atoms with Gasteiger partial charge in [-0.1, -0.05) is 30.7 Å². The molecule has 4 aromatic rings. The number of rotatable bonds is 3. The molecular formula is C31H31F3N8O2. The van der Waals surface area contributed by atoms with Crippen LogP contribution in [-0.4, -0.2) is 50.7 Å². The minimum atomic E-state index is -4.56. The number of carbonyl (C=O) groups excluding carboxylic acids is 2. The van der Waals surface area contributed by atoms with E-state index in [9.17, 15) is 22.8 Å². The van der Waals surface area contributed by atoms with Gasteiger partial charge < -0.3 is 21.7 Å². The molecule has 0 radical (unpaired) electrons. The van der Waals surface area contributed by atoms with E-state index in [0.717, 1.165) is 55.1 Å². The summed E-state index contributed by atoms with van der Waals surface area (Å²) in [6.07, 6.45) is 6.69. The third kappa shape index (κ3) is 6.00. The Bertz CT molecular complexity index is 1730. The number of hydrogen-bond donors (Lipinski definition) is 4. The van der Waals surface area contributed by atoms with Crippen molar-refractivity contribution in [2.75, 3.05) is 24.1 Å². The SMILES string of the molecule is Nc1ncc2c3c1c(-c1ccc(C(=O)Nc4cc(C(F)(F)F)ccn4)cc1)nn3[C@@H]1CN[C@H](C1)C(=O)NCCCCCC=C2. The molecule has 10 nitrogen and oxygen atoms in total. The molecule has 1 fully saturated rings. The van der Waals surface area contributed by atoms with Crippen LogP contribution >= 0.6 is 0 Å². The second kappa shape index (κ2) is 12.1. The number of carbonyl (C=O) groups is 2. The van der Waals surface area contributed by atoms with Crippen molar-refractivity contribution < 1.29 is 22.8 Å². The van der Waals surface area contributed by atoms with Crippen molar-refractivity contribution in [3.8, 4) is 11.3 Å². The Morgan fingerprint density at radius 3 is 2.70 bits per heavy atom. The van der Waals surface area contributed by atoms with Gasteiger partial charge in [-0.2, -0.15) is 18.3 Å². The summed E-state index contributed by atoms with van der Waals surface area (Å²) in [6, 6.07) is 7.70. The monoisotopic (exact) mass is 604 g/mol. The number of nitrogen functional groups attached to an aromatic ring is 1. The fraction of sp³-hybridized carbons (Fsp3) is 0.323. The van der Waals surface area contributed by atoms with E-state index < -0.39 is 17.6 Å². The third-order valence-corrected chi connectivity index (χ3v) is 7.95. The van der Waals surface area contributed by atoms with Crippen LogP contribution in [0.2, 0.25) is 0 Å². The number of alkyl halides is 3. The number of nitrogens with zero attached hydrogens (tertiary/aromatic N) is 4. The van der Waals surface area contributed by atoms with Crippen molar-refractivity contribution in [2.24, 2.45) is 0 Å². The molecule has 2 aliphatic heterocycles. The largest absolute Gasteiger partial charge is 0.416 e. The van der Waals surface area contributed by atoms with Crippen LogP contribution < -0.4 is 21.7 Å². The Labute approximate surface area is 250 Å². The lowest BCUT2D eigenvalue weighted by atomic mass is 10.0. The van der Waals surface area contributed by atoms with Crippen molar-refractivity contribution in [1.29, 1.82) is 0 Å². The number of benzene rings is 1. The summed E-state index contributed by atoms with van der Waals surface area (Å²) in [7, 11) is 0. The van der Waals surface area contributed by atoms with Gasteiger partial charge in [-0.3, -0.25) is 14.3 Å². The lowest BCUT2D eigenvalue weighted by Crippen LogP contribution is -2.40. The highest BCUT2D eigenvalue weighted by Gasteiger charge is 2.33. The molecule has 44 heavy (non-hydrogen) atoms. The van der Waals surface area contributed by atoms with Crippen molar-refractivity contribution in [1.82, 2.24) is 30.4 Å². The minimum Gasteiger partial charge on any atom is -0.383 e. The zero-order valence-electron chi connectivity index (χ0n) is 23.7. The lowest BCUT2D eigenvalue weighted by Gasteiger charge is -2.13. The number of allylic oxidation sites excluding steroid dienone is 1. The Kier molecular flexibility index (Phi) is 8.04. The van der Waals surface area contributed by atoms with E-state index in [4.69, 9.17) is 10.8 Å². The molecule has 0 unspecified atom stereocenters. The van der Waals surface area contributed by atoms with Crippen LogP contribution in [0.1, 0.15) is 59.6 Å². The Balaban J connectivity index is 1.34. The summed E-state index contributed by atoms with van der Waals surface area (Å²) in [5.74, 6) is -0.537. The van der Waals surface area contributed by atoms with Crippen LogP contribution in [-0.2, 0) is 11.0 Å². The summed E-state index contributed by atoms with van der Waals surface area (Å²) in [6.45, 7) is 1.19. The highest BCUT2D eigenvalue weighted by Crippen LogP contribution is 2.37. The van der Waals surface area contributed by atoms with Crippen molar-refractivity contribution in [2.45, 2.75) is 50.4 Å². The fourth-order valence-electron chi connectivity index (χ4n) is 5.66. The van der Waals surface area contributed by atoms with Gasteiger partial charge in [0.2, 0.25) is 5.91 Å². The van der Waals surface area contributed by atoms with E-state index in [2.05, 4.69) is 32.0 Å². The predicted molar refractivity (Wildman–Crippen MR) is 161 cm³/mol. The van der Waals surface area contributed by atoms with Gasteiger partial charge in [-0.15, -0.1) is 0 Å². The number of hydrogen-bond acceptors (Lipinski definition) is 7. The maximum atomic E-state index is 13.1. The molecule has 5 N–H and O–H groups in total. The number of anilines is 2. The number of nitrogens with two attached hydrogens (primary N) is 1. The van der Waals surface area contributed by atoms with Gasteiger partial charge in [0, 0.05) is 42.2 Å². The number of aromatic nitrogens is 4. The Morgan fingerprint density at radius 1 is 1.09 bits per heavy atom. The summed E-state index contributed by atoms with van der Waals surface area (Å²) in [5.41, 5.74) is 8.67. The Morgan fingerprint density at radius 2 is 1.91 bits per heavy atom. The molecule has 1 saturated heterocycles. The van der Waals surface area contributed by atoms with Crippen LogP contribution in [0.15, 0.2) is 54.9 Å². The smallest absolute Gasteiger partial charge is 0.383 e. The standard InChI is InChI=1S/C31H31F3N8O2/c32-31(33,34)21-11-13-36-24(14-21)40-29(43)19-9-7-18(8-10-19)26-25-27-20(16-39-28(25)35)6-4-2-1-3-5-12-37-30(44)23-15-22(17-38-23)42(27)41-26/h4,6-11,13-14,16,22-23,38H,1-3,5,12,15,17H2,(H2,35,39)(H,37,44)(H,36,40,43)/t22-,23+/m0/s1. The van der Waals surface area contributed by atoms with Gasteiger partial charge in [0.05, 0.1) is 28.6 Å². The second-order valence-corrected chi connectivity index (χ2v) is 11.0. The maximum absolute atomic E-state index is 13.1. The molecule has 2 aliphatic rings. The molecule has 228 valence electrons. The molecule has 13 heteroatoms. The fourth-order valence-corrected chi connectivity index (χ4v) is 5.66. The number of fused-ring (bicyclic) bond motifs is 3. The van der Waals surface area contributed by atoms with Crippen molar-refractivity contribution in [3.05, 3.63) is 71.6 Å². The van der Waals surface area contributed by atoms with E-state index in [1.807, 2.05) is 10.8 Å². The van der Waals surface area contributed by atoms with Crippen LogP contribution in [0, 0.1) is 0 Å². The van der Waals surface area contributed by atoms with Crippen molar-refractivity contribution in [3.63, 3.8) is 0 Å². The van der Waals surface area contributed by atoms with E-state index in [1.165, 1.54) is 0 Å². The summed E-state index contributed by atoms with van der Waals surface area (Å²) < 4.78 is 41.2. The van der Waals surface area contributed by atoms with E-state index >= 15 is 0 Å². The number of halogens is 3. The summed E-state index contributed by atoms with van der Waals surface area (Å²) >= 11 is 0. The quantitative estimate of drug-likeness (QED) is 0.259. The lowest BCUT2D eigenvalue weighted by molar-refractivity contribution is -0.137. The summed E-state index contributed by atoms with van der Waals surface area (Å²) in [5, 5.41) is 14.4. The van der Waals surface area contributed by atoms with Crippen molar-refractivity contribution >= 4 is 40.4 Å². The topological polar surface area (TPSA) is 140 Å². The van der Waals surface area contributed by atoms with Crippen LogP contribution in [0.4, 0.5) is 24.8 Å². The molecule has 5 heterocycles. The predicted octanol–water partition coefficient (Wildman–Crippen LogP) is 4.95. The van der Waals surface area contributed by atoms with E-state index in [0.29, 0.717) is 42.0 Å². The molecule has 2 amide bonds. The number of pyridine rings is 2. The maximum Gasteiger partial charge on any atom is 0.416 e. The zero-order chi connectivity index (χ0) is 30.8. The number of amides is 2. The average Bonchev–Trinajstić information content (AvgIpc) is 3.65. The normalized spacial score (nSPS) is 19.3. The van der Waals surface area contributed by atoms with E-state index in [1.54, 1.807) is 30.5 Å². The van der Waals surface area contributed by atoms with E-state index in [-0.39, 0.29) is 29.4 Å². The Hall–Kier alpha value is -4.78. The second-order valence-electron chi connectivity index (χ2n) is 11.0. The van der Waals surface area contributed by atoms with Gasteiger partial charge >= 0.3 is 6.18 Å². The van der Waals surface area contributed by atoms with Crippen LogP contribution in [0.25, 0.3) is 28.2 Å². The highest BCUT2D eigenvalue weighted by atomic mass is 19.4. The molecule has 2 atom stereocenters. The van der Waals surface area contributed by atoms with Gasteiger partial charge in [0.25, 0.3) is 5.91 Å². The molecule has 3 aromatic heterocycles. The van der Waals surface area contributed by atoms with Crippen LogP contribution in [0.5, 0.6) is 0 Å². The molecule has 0 spiro atoms. The first-order valence-corrected chi connectivity index (χ1v) is 14.5. The minimum absolute atomic E-state index is 0.0206. The first-order chi connectivity index (χ1) is 21.2. The third-order valence-electron chi connectivity index (χ3n) is 7.95. The first kappa shape index (κ1) is 29.3. The molecule has 1 aromatic carbocycles. The first-order valence-electron chi connectivity index (χ1n) is 14.5. The number of nitrogens with one attached hydrogen (secondary N) is 3. The average molecular weight is 605 g/mol. The van der Waals surface area contributed by atoms with Gasteiger partial charge in [-0.05, 0) is 49.9 Å². The van der Waals surface area contributed by atoms with Crippen LogP contribution in [0.3, 0.4) is 0 Å². The zero-order valence-corrected chi connectivity index (χ0v) is 23.7. The summed E-state index contributed by atoms with van der Waals surface area (Å²) in [4.78, 5) is 33.9. The van der Waals surface area contributed by atoms with Gasteiger partial charge in [-0.25, -0.2) is 9.97 Å². The molecule has 2 bridgehead atoms. The van der Waals surface area contributed by atoms with Gasteiger partial charge in [0.1, 0.15) is 17.3 Å². The molecule has 6 rings (SSSR count). The van der Waals surface area contributed by atoms with Gasteiger partial charge in [0.15, 0.2) is 0 Å². The molecule has 0 aliphatic carbocycles. The highest BCUT2D eigenvalue weighted by molar-refractivity contribution is 6.06.